The molecule has 2 aromatic rings. The lowest BCUT2D eigenvalue weighted by atomic mass is 9.82. The second-order valence-corrected chi connectivity index (χ2v) is 8.62. The predicted octanol–water partition coefficient (Wildman–Crippen LogP) is 4.83. The number of piperidine rings is 1. The van der Waals surface area contributed by atoms with E-state index in [0.717, 1.165) is 55.3 Å². The van der Waals surface area contributed by atoms with E-state index in [1.54, 1.807) is 18.3 Å². The Kier molecular flexibility index (Phi) is 6.37. The van der Waals surface area contributed by atoms with E-state index < -0.39 is 6.09 Å². The molecular formula is C23H30FN3O3. The fourth-order valence-corrected chi connectivity index (χ4v) is 5.13. The van der Waals surface area contributed by atoms with Gasteiger partial charge in [0.1, 0.15) is 5.82 Å². The Hall–Kier alpha value is -2.41. The number of halogens is 1. The highest BCUT2D eigenvalue weighted by Crippen LogP contribution is 2.36. The first-order chi connectivity index (χ1) is 14.5. The lowest BCUT2D eigenvalue weighted by Gasteiger charge is -2.40. The van der Waals surface area contributed by atoms with Crippen molar-refractivity contribution in [3.05, 3.63) is 53.1 Å². The maximum atomic E-state index is 13.5. The van der Waals surface area contributed by atoms with Gasteiger partial charge in [0.15, 0.2) is 0 Å². The molecule has 1 aliphatic carbocycles. The molecule has 2 heterocycles. The summed E-state index contributed by atoms with van der Waals surface area (Å²) < 4.78 is 19.8. The molecule has 6 nitrogen and oxygen atoms in total. The van der Waals surface area contributed by atoms with Crippen molar-refractivity contribution in [2.45, 2.75) is 69.4 Å². The van der Waals surface area contributed by atoms with Crippen LogP contribution in [0.25, 0.3) is 0 Å². The van der Waals surface area contributed by atoms with Crippen LogP contribution < -0.4 is 0 Å². The Labute approximate surface area is 176 Å². The predicted molar refractivity (Wildman–Crippen MR) is 111 cm³/mol. The average Bonchev–Trinajstić information content (AvgIpc) is 3.18. The lowest BCUT2D eigenvalue weighted by molar-refractivity contribution is -0.0224. The van der Waals surface area contributed by atoms with Gasteiger partial charge in [-0.3, -0.25) is 5.10 Å². The van der Waals surface area contributed by atoms with Crippen LogP contribution in [-0.4, -0.2) is 51.6 Å². The van der Waals surface area contributed by atoms with Crippen LogP contribution in [0.4, 0.5) is 9.18 Å². The van der Waals surface area contributed by atoms with Gasteiger partial charge >= 0.3 is 6.09 Å². The summed E-state index contributed by atoms with van der Waals surface area (Å²) in [6.07, 6.45) is 6.54. The van der Waals surface area contributed by atoms with Crippen molar-refractivity contribution < 1.29 is 19.0 Å². The second-order valence-electron chi connectivity index (χ2n) is 8.62. The Bertz CT molecular complexity index is 863. The number of benzene rings is 1. The molecule has 2 atom stereocenters. The smallest absolute Gasteiger partial charge is 0.407 e. The van der Waals surface area contributed by atoms with Crippen LogP contribution in [0.3, 0.4) is 0 Å². The van der Waals surface area contributed by atoms with Crippen molar-refractivity contribution >= 4 is 6.09 Å². The monoisotopic (exact) mass is 415 g/mol. The van der Waals surface area contributed by atoms with E-state index in [1.807, 2.05) is 13.0 Å². The van der Waals surface area contributed by atoms with Gasteiger partial charge < -0.3 is 14.7 Å². The topological polar surface area (TPSA) is 78.5 Å². The molecule has 2 aliphatic rings. The molecular weight excluding hydrogens is 385 g/mol. The van der Waals surface area contributed by atoms with Crippen LogP contribution in [0, 0.1) is 12.7 Å². The molecule has 4 rings (SSSR count). The highest BCUT2D eigenvalue weighted by molar-refractivity contribution is 5.66. The summed E-state index contributed by atoms with van der Waals surface area (Å²) in [7, 11) is 0. The number of hydrogen-bond donors (Lipinski definition) is 2. The van der Waals surface area contributed by atoms with E-state index in [9.17, 15) is 14.3 Å². The largest absolute Gasteiger partial charge is 0.465 e. The highest BCUT2D eigenvalue weighted by atomic mass is 19.1. The quantitative estimate of drug-likeness (QED) is 0.733. The Morgan fingerprint density at radius 1 is 1.30 bits per heavy atom. The number of carboxylic acid groups (broad SMARTS) is 1. The van der Waals surface area contributed by atoms with Crippen molar-refractivity contribution in [2.75, 3.05) is 13.2 Å². The number of hydrogen-bond acceptors (Lipinski definition) is 3. The molecule has 2 fully saturated rings. The number of aromatic nitrogens is 2. The van der Waals surface area contributed by atoms with E-state index in [0.29, 0.717) is 19.1 Å². The molecule has 30 heavy (non-hydrogen) atoms. The van der Waals surface area contributed by atoms with Crippen molar-refractivity contribution in [2.24, 2.45) is 0 Å². The Balaban J connectivity index is 1.38. The summed E-state index contributed by atoms with van der Waals surface area (Å²) in [5, 5.41) is 16.9. The molecule has 0 radical (unpaired) electrons. The maximum absolute atomic E-state index is 13.5. The Morgan fingerprint density at radius 2 is 2.10 bits per heavy atom. The average molecular weight is 416 g/mol. The van der Waals surface area contributed by atoms with Crippen molar-refractivity contribution in [3.63, 3.8) is 0 Å². The van der Waals surface area contributed by atoms with Gasteiger partial charge in [0.2, 0.25) is 0 Å². The molecule has 1 aliphatic heterocycles. The summed E-state index contributed by atoms with van der Waals surface area (Å²) >= 11 is 0. The molecule has 0 bridgehead atoms. The van der Waals surface area contributed by atoms with Crippen LogP contribution in [0.5, 0.6) is 0 Å². The number of likely N-dealkylation sites (tertiary alicyclic amines) is 1. The molecule has 0 unspecified atom stereocenters. The van der Waals surface area contributed by atoms with E-state index >= 15 is 0 Å². The first kappa shape index (κ1) is 20.8. The fourth-order valence-electron chi connectivity index (χ4n) is 5.13. The third-order valence-corrected chi connectivity index (χ3v) is 6.76. The molecule has 7 heteroatoms. The summed E-state index contributed by atoms with van der Waals surface area (Å²) in [4.78, 5) is 13.4. The third-order valence-electron chi connectivity index (χ3n) is 6.76. The molecule has 1 aromatic heterocycles. The zero-order valence-corrected chi connectivity index (χ0v) is 17.4. The molecule has 1 saturated carbocycles. The van der Waals surface area contributed by atoms with Crippen LogP contribution >= 0.6 is 0 Å². The first-order valence-corrected chi connectivity index (χ1v) is 10.9. The number of rotatable bonds is 5. The van der Waals surface area contributed by atoms with E-state index in [4.69, 9.17) is 4.74 Å². The highest BCUT2D eigenvalue weighted by Gasteiger charge is 2.37. The number of aromatic amines is 1. The summed E-state index contributed by atoms with van der Waals surface area (Å²) in [6.45, 7) is 2.94. The second kappa shape index (κ2) is 9.16. The van der Waals surface area contributed by atoms with Gasteiger partial charge in [-0.05, 0) is 74.6 Å². The lowest BCUT2D eigenvalue weighted by Crippen LogP contribution is -2.50. The van der Waals surface area contributed by atoms with Crippen LogP contribution in [0.1, 0.15) is 67.2 Å². The minimum absolute atomic E-state index is 0.0704. The normalized spacial score (nSPS) is 27.2. The van der Waals surface area contributed by atoms with Crippen LogP contribution in [-0.2, 0) is 4.74 Å². The van der Waals surface area contributed by atoms with Crippen LogP contribution in [0.2, 0.25) is 0 Å². The number of amides is 1. The fraction of sp³-hybridized carbons (Fsp3) is 0.565. The number of aryl methyl sites for hydroxylation is 1. The SMILES string of the molecule is Cc1cn[nH]c1[C@H]1CCCN(C(=O)O)[C@H]1COC1CCC(c2cccc(F)c2)CC1. The minimum Gasteiger partial charge on any atom is -0.465 e. The van der Waals surface area contributed by atoms with Crippen molar-refractivity contribution in [1.82, 2.24) is 15.1 Å². The molecule has 2 N–H and O–H groups in total. The number of H-pyrrole nitrogens is 1. The molecule has 1 aromatic carbocycles. The number of nitrogens with zero attached hydrogens (tertiary/aromatic N) is 2. The molecule has 1 saturated heterocycles. The van der Waals surface area contributed by atoms with Gasteiger partial charge in [0, 0.05) is 18.2 Å². The minimum atomic E-state index is -0.889. The van der Waals surface area contributed by atoms with Gasteiger partial charge in [-0.15, -0.1) is 0 Å². The third kappa shape index (κ3) is 4.51. The van der Waals surface area contributed by atoms with E-state index in [1.165, 1.54) is 11.0 Å². The maximum Gasteiger partial charge on any atom is 0.407 e. The van der Waals surface area contributed by atoms with E-state index in [2.05, 4.69) is 10.2 Å². The first-order valence-electron chi connectivity index (χ1n) is 10.9. The summed E-state index contributed by atoms with van der Waals surface area (Å²) in [6, 6.07) is 6.67. The molecule has 1 amide bonds. The van der Waals surface area contributed by atoms with Gasteiger partial charge in [-0.1, -0.05) is 12.1 Å². The summed E-state index contributed by atoms with van der Waals surface area (Å²) in [5.74, 6) is 0.254. The molecule has 162 valence electrons. The zero-order valence-electron chi connectivity index (χ0n) is 17.4. The van der Waals surface area contributed by atoms with Crippen LogP contribution in [0.15, 0.2) is 30.5 Å². The summed E-state index contributed by atoms with van der Waals surface area (Å²) in [5.41, 5.74) is 3.14. The number of ether oxygens (including phenoxy) is 1. The van der Waals surface area contributed by atoms with Crippen molar-refractivity contribution in [1.29, 1.82) is 0 Å². The van der Waals surface area contributed by atoms with E-state index in [-0.39, 0.29) is 23.9 Å². The zero-order chi connectivity index (χ0) is 21.1. The van der Waals surface area contributed by atoms with Crippen molar-refractivity contribution in [3.8, 4) is 0 Å². The van der Waals surface area contributed by atoms with Gasteiger partial charge in [0.25, 0.3) is 0 Å². The van der Waals surface area contributed by atoms with Gasteiger partial charge in [0.05, 0.1) is 24.9 Å². The number of carbonyl (C=O) groups is 1. The molecule has 0 spiro atoms. The van der Waals surface area contributed by atoms with Gasteiger partial charge in [-0.2, -0.15) is 5.10 Å². The van der Waals surface area contributed by atoms with Gasteiger partial charge in [-0.25, -0.2) is 9.18 Å². The number of nitrogens with one attached hydrogen (secondary N) is 1. The Morgan fingerprint density at radius 3 is 2.77 bits per heavy atom. The standard InChI is InChI=1S/C23H30FN3O3/c1-15-13-25-26-22(15)20-6-3-11-27(23(28)29)21(20)14-30-19-9-7-16(8-10-19)17-4-2-5-18(24)12-17/h2,4-5,12-13,16,19-21H,3,6-11,14H2,1H3,(H,25,26)(H,28,29)/t16?,19?,20-,21-/m0/s1.